The van der Waals surface area contributed by atoms with Crippen molar-refractivity contribution < 1.29 is 87.0 Å². The second-order valence-corrected chi connectivity index (χ2v) is 17.6. The zero-order valence-electron chi connectivity index (χ0n) is 33.2. The molecule has 15 nitrogen and oxygen atoms in total. The summed E-state index contributed by atoms with van der Waals surface area (Å²) in [4.78, 5) is 62.1. The molecule has 0 saturated carbocycles. The number of rotatable bonds is 27. The number of thioether (sulfide) groups is 1. The van der Waals surface area contributed by atoms with Gasteiger partial charge >= 0.3 is 10.6 Å². The van der Waals surface area contributed by atoms with Crippen LogP contribution in [0.4, 0.5) is 5.69 Å². The number of amides is 4. The van der Waals surface area contributed by atoms with Gasteiger partial charge in [-0.05, 0) is 53.0 Å². The van der Waals surface area contributed by atoms with Crippen molar-refractivity contribution in [1.82, 2.24) is 10.2 Å². The average Bonchev–Trinajstić information content (AvgIpc) is 3.62. The molecule has 1 radical (unpaired) electrons. The van der Waals surface area contributed by atoms with E-state index in [0.29, 0.717) is 12.1 Å². The van der Waals surface area contributed by atoms with Crippen molar-refractivity contribution in [3.8, 4) is 11.1 Å². The monoisotopic (exact) mass is 953 g/mol. The van der Waals surface area contributed by atoms with Crippen molar-refractivity contribution in [1.29, 1.82) is 0 Å². The molecule has 2 aromatic carbocycles. The van der Waals surface area contributed by atoms with Crippen molar-refractivity contribution in [2.45, 2.75) is 114 Å². The summed E-state index contributed by atoms with van der Waals surface area (Å²) >= 11 is 1.54. The van der Waals surface area contributed by atoms with Gasteiger partial charge in [0.15, 0.2) is 0 Å². The predicted molar refractivity (Wildman–Crippen MR) is 220 cm³/mol. The molecule has 3 N–H and O–H groups in total. The fourth-order valence-electron chi connectivity index (χ4n) is 7.10. The second kappa shape index (κ2) is 28.5. The molecule has 1 saturated heterocycles. The van der Waals surface area contributed by atoms with Gasteiger partial charge in [-0.1, -0.05) is 107 Å². The van der Waals surface area contributed by atoms with E-state index in [9.17, 15) is 32.4 Å². The van der Waals surface area contributed by atoms with Gasteiger partial charge in [-0.3, -0.25) is 28.6 Å². The van der Waals surface area contributed by atoms with E-state index in [4.69, 9.17) is 21.9 Å². The van der Waals surface area contributed by atoms with Crippen LogP contribution in [0.5, 0.6) is 0 Å². The van der Waals surface area contributed by atoms with Crippen LogP contribution in [0.15, 0.2) is 42.5 Å². The number of anilines is 1. The number of likely N-dealkylation sites (tertiary alicyclic amines) is 1. The number of fused-ring (bicyclic) bond motifs is 3. The van der Waals surface area contributed by atoms with E-state index in [0.717, 1.165) is 73.0 Å². The Kier molecular flexibility index (Phi) is 25.2. The molecule has 1 aliphatic heterocycles. The van der Waals surface area contributed by atoms with Crippen LogP contribution in [0.2, 0.25) is 0 Å². The Hall–Kier alpha value is -3.03. The van der Waals surface area contributed by atoms with Gasteiger partial charge in [0.25, 0.3) is 10.1 Å². The molecule has 59 heavy (non-hydrogen) atoms. The molecule has 4 amide bonds. The number of unbranched alkanes of at least 4 members (excludes halogenated alkanes) is 12. The van der Waals surface area contributed by atoms with Gasteiger partial charge in [0.05, 0.1) is 17.6 Å². The van der Waals surface area contributed by atoms with Crippen LogP contribution in [0, 0.1) is 0 Å². The fourth-order valence-corrected chi connectivity index (χ4v) is 8.65. The van der Waals surface area contributed by atoms with E-state index < -0.39 is 26.5 Å². The summed E-state index contributed by atoms with van der Waals surface area (Å²) in [6, 6.07) is 13.6. The first-order chi connectivity index (χ1) is 27.8. The zero-order chi connectivity index (χ0) is 42.3. The summed E-state index contributed by atoms with van der Waals surface area (Å²) in [6.07, 6.45) is 15.1. The molecule has 2 aliphatic rings. The molecule has 0 spiro atoms. The van der Waals surface area contributed by atoms with Crippen molar-refractivity contribution in [3.63, 3.8) is 0 Å². The summed E-state index contributed by atoms with van der Waals surface area (Å²) in [6.45, 7) is 1.64. The first-order valence-electron chi connectivity index (χ1n) is 19.8. The van der Waals surface area contributed by atoms with E-state index in [1.807, 2.05) is 42.5 Å². The molecular formula is C40H54N3O12S3Y-. The normalized spacial score (nSPS) is 15.3. The molecule has 2 atom stereocenters. The Bertz CT molecular complexity index is 1910. The zero-order valence-corrected chi connectivity index (χ0v) is 38.5. The number of hydrogen-bond donors (Lipinski definition) is 3. The molecule has 1 aliphatic carbocycles. The smallest absolute Gasteiger partial charge is 0.425 e. The number of ether oxygens (including phenoxy) is 1. The SMILES string of the molecule is O=S(=O)=O.O=[C-]OCC1c2ccccc2-c2ccc(NC(=O)CCN3C(=O)CC(SCCCCCCCCCCCCCCCC(=O)NCCS(=O)(=O)O)C3=O)cc21.[Y]. The van der Waals surface area contributed by atoms with E-state index in [1.165, 1.54) is 49.9 Å². The van der Waals surface area contributed by atoms with Crippen LogP contribution >= 0.6 is 11.8 Å². The first-order valence-corrected chi connectivity index (χ1v) is 23.4. The van der Waals surface area contributed by atoms with Gasteiger partial charge < -0.3 is 20.2 Å². The summed E-state index contributed by atoms with van der Waals surface area (Å²) in [5.74, 6) is -0.694. The number of nitrogens with one attached hydrogen (secondary N) is 2. The molecule has 0 aromatic heterocycles. The Labute approximate surface area is 378 Å². The van der Waals surface area contributed by atoms with Crippen LogP contribution < -0.4 is 10.6 Å². The molecule has 323 valence electrons. The summed E-state index contributed by atoms with van der Waals surface area (Å²) in [7, 11) is -7.15. The largest absolute Gasteiger partial charge is 0.652 e. The third kappa shape index (κ3) is 19.9. The van der Waals surface area contributed by atoms with Crippen molar-refractivity contribution in [2.75, 3.05) is 36.5 Å². The topological polar surface area (TPSA) is 227 Å². The summed E-state index contributed by atoms with van der Waals surface area (Å²) in [5, 5.41) is 5.02. The standard InChI is InChI=1S/C40H54N3O9S2.O3S.Y/c44-29-52-28-35-32-17-14-13-16-31(32)33-20-19-30(26-34(33)35)42-38(46)21-23-43-39(47)27-36(40(43)48)53-24-15-11-9-7-5-3-1-2-4-6-8-10-12-18-37(45)41-22-25-54(49,50)51;1-4(2)3;/h13-14,16-17,19-20,26,35-36H,1-12,15,18,21-25,27-28H2,(H,41,45)(H,42,46)(H,49,50,51);;/q-1;;. The maximum atomic E-state index is 13.0. The van der Waals surface area contributed by atoms with Crippen molar-refractivity contribution in [3.05, 3.63) is 53.6 Å². The minimum atomic E-state index is -4.04. The van der Waals surface area contributed by atoms with E-state index >= 15 is 0 Å². The molecule has 0 bridgehead atoms. The van der Waals surface area contributed by atoms with Gasteiger partial charge in [-0.15, -0.1) is 24.4 Å². The minimum Gasteiger partial charge on any atom is -0.652 e. The fraction of sp³-hybridized carbons (Fsp3) is 0.575. The first kappa shape index (κ1) is 52.1. The van der Waals surface area contributed by atoms with Crippen LogP contribution in [0.1, 0.15) is 120 Å². The van der Waals surface area contributed by atoms with Gasteiger partial charge in [0.1, 0.15) is 0 Å². The maximum Gasteiger partial charge on any atom is 0.425 e. The second-order valence-electron chi connectivity index (χ2n) is 14.3. The molecular weight excluding hydrogens is 900 g/mol. The Morgan fingerprint density at radius 2 is 1.41 bits per heavy atom. The molecule has 1 fully saturated rings. The molecule has 2 unspecified atom stereocenters. The van der Waals surface area contributed by atoms with Crippen LogP contribution in [-0.4, -0.2) is 97.1 Å². The van der Waals surface area contributed by atoms with Gasteiger partial charge in [0.2, 0.25) is 23.6 Å². The van der Waals surface area contributed by atoms with Crippen LogP contribution in [-0.2, 0) is 82.1 Å². The number of carbonyl (C=O) groups excluding carboxylic acids is 5. The number of imide groups is 1. The van der Waals surface area contributed by atoms with Gasteiger partial charge in [0, 0.05) is 76.7 Å². The van der Waals surface area contributed by atoms with Crippen LogP contribution in [0.3, 0.4) is 0 Å². The molecule has 1 heterocycles. The number of nitrogens with zero attached hydrogens (tertiary/aromatic N) is 1. The number of benzene rings is 2. The summed E-state index contributed by atoms with van der Waals surface area (Å²) in [5.41, 5.74) is 4.68. The Balaban J connectivity index is 0.00000229. The quantitative estimate of drug-likeness (QED) is 0.0434. The van der Waals surface area contributed by atoms with Crippen molar-refractivity contribution in [2.24, 2.45) is 0 Å². The minimum absolute atomic E-state index is 0. The van der Waals surface area contributed by atoms with E-state index in [-0.39, 0.29) is 100 Å². The Morgan fingerprint density at radius 1 is 0.831 bits per heavy atom. The maximum absolute atomic E-state index is 13.0. The van der Waals surface area contributed by atoms with Gasteiger partial charge in [-0.2, -0.15) is 8.42 Å². The molecule has 19 heteroatoms. The van der Waals surface area contributed by atoms with Crippen molar-refractivity contribution >= 4 is 68.3 Å². The van der Waals surface area contributed by atoms with E-state index in [2.05, 4.69) is 10.6 Å². The van der Waals surface area contributed by atoms with Gasteiger partial charge in [-0.25, -0.2) is 0 Å². The third-order valence-corrected chi connectivity index (χ3v) is 12.0. The predicted octanol–water partition coefficient (Wildman–Crippen LogP) is 5.53. The molecule has 2 aromatic rings. The third-order valence-electron chi connectivity index (χ3n) is 9.96. The Morgan fingerprint density at radius 3 is 2.02 bits per heavy atom. The van der Waals surface area contributed by atoms with E-state index in [1.54, 1.807) is 11.8 Å². The molecule has 4 rings (SSSR count). The average molecular weight is 954 g/mol. The van der Waals surface area contributed by atoms with Crippen LogP contribution in [0.25, 0.3) is 11.1 Å². The number of carbonyl (C=O) groups is 4. The number of hydrogen-bond acceptors (Lipinski definition) is 12. The summed E-state index contributed by atoms with van der Waals surface area (Å²) < 4.78 is 60.3.